The van der Waals surface area contributed by atoms with Crippen LogP contribution in [0.4, 0.5) is 4.39 Å². The highest BCUT2D eigenvalue weighted by molar-refractivity contribution is 5.97. The van der Waals surface area contributed by atoms with Crippen LogP contribution in [0.2, 0.25) is 0 Å². The number of rotatable bonds is 3. The molecule has 6 rings (SSSR count). The van der Waals surface area contributed by atoms with Gasteiger partial charge in [0, 0.05) is 43.9 Å². The molecular weight excluding hydrogens is 515 g/mol. The average Bonchev–Trinajstić information content (AvgIpc) is 3.36. The number of nitrogens with one attached hydrogen (secondary N) is 1. The monoisotopic (exact) mass is 554 g/mol. The van der Waals surface area contributed by atoms with Gasteiger partial charge < -0.3 is 14.6 Å². The van der Waals surface area contributed by atoms with Crippen LogP contribution in [0.5, 0.6) is 5.75 Å². The number of aromatic nitrogens is 2. The number of piperidine rings is 1. The summed E-state index contributed by atoms with van der Waals surface area (Å²) in [6.45, 7) is 6.07. The smallest absolute Gasteiger partial charge is 0.253 e. The van der Waals surface area contributed by atoms with Crippen molar-refractivity contribution < 1.29 is 13.9 Å². The Bertz CT molecular complexity index is 1510. The number of likely N-dealkylation sites (tertiary alicyclic amines) is 1. The van der Waals surface area contributed by atoms with Crippen LogP contribution in [0.25, 0.3) is 11.0 Å². The van der Waals surface area contributed by atoms with E-state index in [9.17, 15) is 9.18 Å². The molecule has 214 valence electrons. The first-order valence-corrected chi connectivity index (χ1v) is 14.9. The topological polar surface area (TPSA) is 61.5 Å². The summed E-state index contributed by atoms with van der Waals surface area (Å²) in [5.74, 6) is 1.73. The van der Waals surface area contributed by atoms with Crippen molar-refractivity contribution in [3.8, 4) is 5.75 Å². The summed E-state index contributed by atoms with van der Waals surface area (Å²) >= 11 is 0. The Hall–Kier alpha value is -3.71. The van der Waals surface area contributed by atoms with E-state index >= 15 is 0 Å². The quantitative estimate of drug-likeness (QED) is 0.312. The minimum absolute atomic E-state index is 0.0746. The Morgan fingerprint density at radius 2 is 1.80 bits per heavy atom. The molecule has 4 aromatic rings. The van der Waals surface area contributed by atoms with Crippen LogP contribution < -0.4 is 4.74 Å². The first kappa shape index (κ1) is 27.5. The third-order valence-electron chi connectivity index (χ3n) is 8.91. The molecule has 0 aliphatic carbocycles. The molecule has 1 fully saturated rings. The van der Waals surface area contributed by atoms with Gasteiger partial charge in [0.1, 0.15) is 24.0 Å². The number of carbonyl (C=O) groups is 1. The van der Waals surface area contributed by atoms with Crippen LogP contribution in [0.3, 0.4) is 0 Å². The van der Waals surface area contributed by atoms with Crippen LogP contribution in [0, 0.1) is 18.2 Å². The molecule has 3 heterocycles. The first-order valence-electron chi connectivity index (χ1n) is 14.9. The third kappa shape index (κ3) is 6.30. The van der Waals surface area contributed by atoms with E-state index in [-0.39, 0.29) is 17.1 Å². The summed E-state index contributed by atoms with van der Waals surface area (Å²) in [6, 6.07) is 21.1. The van der Waals surface area contributed by atoms with Crippen LogP contribution in [0.1, 0.15) is 59.4 Å². The zero-order valence-corrected chi connectivity index (χ0v) is 23.9. The molecule has 1 amide bonds. The van der Waals surface area contributed by atoms with Crippen LogP contribution in [0.15, 0.2) is 66.7 Å². The minimum Gasteiger partial charge on any atom is -0.492 e. The van der Waals surface area contributed by atoms with Crippen molar-refractivity contribution >= 4 is 16.9 Å². The van der Waals surface area contributed by atoms with E-state index in [0.29, 0.717) is 24.3 Å². The van der Waals surface area contributed by atoms with Gasteiger partial charge in [0.05, 0.1) is 11.0 Å². The molecule has 41 heavy (non-hydrogen) atoms. The van der Waals surface area contributed by atoms with Crippen LogP contribution in [-0.4, -0.2) is 58.5 Å². The van der Waals surface area contributed by atoms with Crippen molar-refractivity contribution in [2.24, 2.45) is 5.41 Å². The molecular formula is C34H39FN4O2. The molecule has 1 spiro atoms. The molecule has 1 aromatic heterocycles. The number of carbonyl (C=O) groups excluding carboxylic acids is 1. The summed E-state index contributed by atoms with van der Waals surface area (Å²) in [7, 11) is 0. The molecule has 1 saturated heterocycles. The van der Waals surface area contributed by atoms with Crippen molar-refractivity contribution in [3.63, 3.8) is 0 Å². The normalized spacial score (nSPS) is 18.3. The molecule has 0 bridgehead atoms. The third-order valence-corrected chi connectivity index (χ3v) is 8.91. The van der Waals surface area contributed by atoms with Gasteiger partial charge in [-0.3, -0.25) is 9.69 Å². The second-order valence-electron chi connectivity index (χ2n) is 11.8. The molecule has 0 unspecified atom stereocenters. The molecule has 2 aliphatic rings. The standard InChI is InChI=1S/C34H39FN4O2/c1-25-36-30-14-13-27(22-31(30)37-25)33(40)39-18-16-34(17-19-39)15-7-6-9-26-8-3-5-12-32(26)41-21-20-38(24-34)23-28-10-2-4-11-29(28)35/h2-5,8,10-14,22H,6-7,9,15-21,23-24H2,1H3,(H,36,37). The maximum Gasteiger partial charge on any atom is 0.253 e. The Kier molecular flexibility index (Phi) is 8.06. The number of hydrogen-bond acceptors (Lipinski definition) is 4. The first-order chi connectivity index (χ1) is 20.0. The van der Waals surface area contributed by atoms with Gasteiger partial charge in [0.25, 0.3) is 5.91 Å². The highest BCUT2D eigenvalue weighted by Gasteiger charge is 2.37. The van der Waals surface area contributed by atoms with E-state index in [1.165, 1.54) is 5.56 Å². The maximum absolute atomic E-state index is 14.7. The molecule has 0 atom stereocenters. The number of imidazole rings is 1. The van der Waals surface area contributed by atoms with Crippen LogP contribution in [-0.2, 0) is 13.0 Å². The molecule has 1 N–H and O–H groups in total. The van der Waals surface area contributed by atoms with E-state index in [4.69, 9.17) is 4.74 Å². The van der Waals surface area contributed by atoms with Crippen molar-refractivity contribution in [2.75, 3.05) is 32.8 Å². The van der Waals surface area contributed by atoms with Gasteiger partial charge >= 0.3 is 0 Å². The van der Waals surface area contributed by atoms with Gasteiger partial charge in [0.2, 0.25) is 0 Å². The summed E-state index contributed by atoms with van der Waals surface area (Å²) in [5.41, 5.74) is 4.53. The van der Waals surface area contributed by atoms with Crippen molar-refractivity contribution in [2.45, 2.75) is 52.0 Å². The summed E-state index contributed by atoms with van der Waals surface area (Å²) < 4.78 is 21.0. The van der Waals surface area contributed by atoms with Gasteiger partial charge in [-0.15, -0.1) is 0 Å². The number of amides is 1. The number of nitrogens with zero attached hydrogens (tertiary/aromatic N) is 3. The number of halogens is 1. The molecule has 0 saturated carbocycles. The summed E-state index contributed by atoms with van der Waals surface area (Å²) in [5, 5.41) is 0. The molecule has 6 nitrogen and oxygen atoms in total. The second kappa shape index (κ2) is 12.0. The highest BCUT2D eigenvalue weighted by atomic mass is 19.1. The molecule has 0 radical (unpaired) electrons. The summed E-state index contributed by atoms with van der Waals surface area (Å²) in [4.78, 5) is 25.6. The second-order valence-corrected chi connectivity index (χ2v) is 11.8. The van der Waals surface area contributed by atoms with Gasteiger partial charge in [-0.05, 0) is 80.3 Å². The number of aryl methyl sites for hydroxylation is 2. The zero-order valence-electron chi connectivity index (χ0n) is 23.9. The van der Waals surface area contributed by atoms with Gasteiger partial charge in [-0.1, -0.05) is 42.8 Å². The number of ether oxygens (including phenoxy) is 1. The Labute approximate surface area is 241 Å². The predicted octanol–water partition coefficient (Wildman–Crippen LogP) is 6.54. The minimum atomic E-state index is -0.163. The van der Waals surface area contributed by atoms with Crippen molar-refractivity contribution in [1.82, 2.24) is 19.8 Å². The van der Waals surface area contributed by atoms with Crippen molar-refractivity contribution in [3.05, 3.63) is 95.1 Å². The lowest BCUT2D eigenvalue weighted by atomic mass is 9.73. The maximum atomic E-state index is 14.7. The Morgan fingerprint density at radius 3 is 2.66 bits per heavy atom. The fraction of sp³-hybridized carbons (Fsp3) is 0.412. The van der Waals surface area contributed by atoms with E-state index in [2.05, 4.69) is 33.1 Å². The number of hydrogen-bond donors (Lipinski definition) is 1. The SMILES string of the molecule is Cc1nc2ccc(C(=O)N3CCC4(CCCCc5ccccc5OCCN(Cc5ccccc5F)C4)CC3)cc2[nH]1. The number of para-hydroxylation sites is 1. The number of fused-ring (bicyclic) bond motifs is 2. The van der Waals surface area contributed by atoms with Gasteiger partial charge in [-0.2, -0.15) is 0 Å². The van der Waals surface area contributed by atoms with Crippen molar-refractivity contribution in [1.29, 1.82) is 0 Å². The van der Waals surface area contributed by atoms with E-state index in [0.717, 1.165) is 87.3 Å². The highest BCUT2D eigenvalue weighted by Crippen LogP contribution is 2.39. The van der Waals surface area contributed by atoms with E-state index < -0.39 is 0 Å². The Balaban J connectivity index is 1.20. The predicted molar refractivity (Wildman–Crippen MR) is 160 cm³/mol. The largest absolute Gasteiger partial charge is 0.492 e. The van der Waals surface area contributed by atoms with Crippen LogP contribution >= 0.6 is 0 Å². The van der Waals surface area contributed by atoms with Gasteiger partial charge in [0.15, 0.2) is 0 Å². The number of H-pyrrole nitrogens is 1. The fourth-order valence-corrected chi connectivity index (χ4v) is 6.63. The molecule has 3 aromatic carbocycles. The molecule has 7 heteroatoms. The summed E-state index contributed by atoms with van der Waals surface area (Å²) in [6.07, 6.45) is 6.20. The van der Waals surface area contributed by atoms with E-state index in [1.54, 1.807) is 12.1 Å². The van der Waals surface area contributed by atoms with E-state index in [1.807, 2.05) is 48.2 Å². The number of aromatic amines is 1. The van der Waals surface area contributed by atoms with Gasteiger partial charge in [-0.25, -0.2) is 9.37 Å². The lowest BCUT2D eigenvalue weighted by Gasteiger charge is -2.45. The fourth-order valence-electron chi connectivity index (χ4n) is 6.63. The Morgan fingerprint density at radius 1 is 1.00 bits per heavy atom. The zero-order chi connectivity index (χ0) is 28.2. The molecule has 2 aliphatic heterocycles. The number of benzene rings is 3. The lowest BCUT2D eigenvalue weighted by Crippen LogP contribution is -2.48. The average molecular weight is 555 g/mol. The lowest BCUT2D eigenvalue weighted by molar-refractivity contribution is 0.0359.